The molecule has 2 rings (SSSR count). The van der Waals surface area contributed by atoms with Crippen molar-refractivity contribution in [3.63, 3.8) is 0 Å². The molecule has 0 aliphatic heterocycles. The molecule has 1 N–H and O–H groups in total. The molecule has 0 aromatic carbocycles. The van der Waals surface area contributed by atoms with Crippen molar-refractivity contribution in [1.29, 1.82) is 0 Å². The van der Waals surface area contributed by atoms with Crippen LogP contribution >= 0.6 is 11.3 Å². The first-order valence-corrected chi connectivity index (χ1v) is 5.47. The Labute approximate surface area is 81.2 Å². The van der Waals surface area contributed by atoms with E-state index >= 15 is 0 Å². The largest absolute Gasteiger partial charge is 0.477 e. The first-order chi connectivity index (χ1) is 6.27. The van der Waals surface area contributed by atoms with E-state index in [1.165, 1.54) is 42.6 Å². The van der Waals surface area contributed by atoms with E-state index in [0.717, 1.165) is 0 Å². The number of aromatic carboxylic acids is 1. The molecule has 0 amide bonds. The zero-order valence-electron chi connectivity index (χ0n) is 7.32. The van der Waals surface area contributed by atoms with Gasteiger partial charge in [-0.2, -0.15) is 0 Å². The van der Waals surface area contributed by atoms with Crippen LogP contribution in [0.2, 0.25) is 0 Å². The normalized spacial score (nSPS) is 17.8. The summed E-state index contributed by atoms with van der Waals surface area (Å²) in [5.74, 6) is -0.168. The molecule has 0 unspecified atom stereocenters. The second kappa shape index (κ2) is 3.50. The number of hydrogen-bond acceptors (Lipinski definition) is 2. The summed E-state index contributed by atoms with van der Waals surface area (Å²) in [6.45, 7) is 0. The van der Waals surface area contributed by atoms with Crippen molar-refractivity contribution in [3.05, 3.63) is 21.9 Å². The van der Waals surface area contributed by atoms with E-state index in [-0.39, 0.29) is 0 Å². The summed E-state index contributed by atoms with van der Waals surface area (Å²) < 4.78 is 0. The van der Waals surface area contributed by atoms with Crippen molar-refractivity contribution in [1.82, 2.24) is 0 Å². The van der Waals surface area contributed by atoms with E-state index in [0.29, 0.717) is 10.8 Å². The zero-order valence-corrected chi connectivity index (χ0v) is 8.14. The predicted molar refractivity (Wildman–Crippen MR) is 52.5 cm³/mol. The van der Waals surface area contributed by atoms with Crippen molar-refractivity contribution in [2.75, 3.05) is 0 Å². The van der Waals surface area contributed by atoms with Crippen LogP contribution < -0.4 is 0 Å². The number of rotatable bonds is 2. The summed E-state index contributed by atoms with van der Waals surface area (Å²) in [5, 5.41) is 10.8. The molecule has 1 aromatic heterocycles. The Bertz CT molecular complexity index is 310. The summed E-state index contributed by atoms with van der Waals surface area (Å²) in [5.41, 5.74) is 1.24. The van der Waals surface area contributed by atoms with Gasteiger partial charge in [-0.1, -0.05) is 12.8 Å². The van der Waals surface area contributed by atoms with Crippen LogP contribution in [-0.4, -0.2) is 11.1 Å². The van der Waals surface area contributed by atoms with Crippen LogP contribution in [0.25, 0.3) is 0 Å². The van der Waals surface area contributed by atoms with Crippen molar-refractivity contribution < 1.29 is 9.90 Å². The molecule has 1 aliphatic rings. The number of thiophene rings is 1. The first-order valence-electron chi connectivity index (χ1n) is 4.59. The van der Waals surface area contributed by atoms with Crippen molar-refractivity contribution in [3.8, 4) is 0 Å². The van der Waals surface area contributed by atoms with Gasteiger partial charge in [0, 0.05) is 0 Å². The van der Waals surface area contributed by atoms with Crippen LogP contribution in [-0.2, 0) is 0 Å². The molecule has 1 saturated carbocycles. The molecule has 0 saturated heterocycles. The van der Waals surface area contributed by atoms with Crippen LogP contribution in [0.4, 0.5) is 0 Å². The Hall–Kier alpha value is -0.830. The lowest BCUT2D eigenvalue weighted by atomic mass is 10.0. The van der Waals surface area contributed by atoms with Gasteiger partial charge in [0.25, 0.3) is 0 Å². The molecular formula is C10H12O2S. The van der Waals surface area contributed by atoms with Gasteiger partial charge in [0.1, 0.15) is 4.88 Å². The molecule has 13 heavy (non-hydrogen) atoms. The summed E-state index contributed by atoms with van der Waals surface area (Å²) >= 11 is 1.34. The van der Waals surface area contributed by atoms with Gasteiger partial charge in [-0.25, -0.2) is 4.79 Å². The fraction of sp³-hybridized carbons (Fsp3) is 0.500. The van der Waals surface area contributed by atoms with Gasteiger partial charge >= 0.3 is 5.97 Å². The quantitative estimate of drug-likeness (QED) is 0.789. The van der Waals surface area contributed by atoms with Gasteiger partial charge in [0.15, 0.2) is 0 Å². The number of hydrogen-bond donors (Lipinski definition) is 1. The molecule has 1 aromatic rings. The van der Waals surface area contributed by atoms with E-state index in [2.05, 4.69) is 0 Å². The molecule has 70 valence electrons. The molecular weight excluding hydrogens is 184 g/mol. The van der Waals surface area contributed by atoms with Crippen LogP contribution in [0, 0.1) is 0 Å². The molecule has 0 bridgehead atoms. The van der Waals surface area contributed by atoms with Gasteiger partial charge in [0.2, 0.25) is 0 Å². The standard InChI is InChI=1S/C10H12O2S/c11-10(12)9-5-8(6-13-9)7-3-1-2-4-7/h5-7H,1-4H2,(H,11,12). The average Bonchev–Trinajstić information content (AvgIpc) is 2.75. The smallest absolute Gasteiger partial charge is 0.345 e. The number of carboxylic acids is 1. The van der Waals surface area contributed by atoms with Gasteiger partial charge in [-0.3, -0.25) is 0 Å². The summed E-state index contributed by atoms with van der Waals surface area (Å²) in [4.78, 5) is 11.1. The fourth-order valence-corrected chi connectivity index (χ4v) is 2.76. The van der Waals surface area contributed by atoms with Crippen molar-refractivity contribution >= 4 is 17.3 Å². The maximum atomic E-state index is 10.6. The molecule has 1 heterocycles. The summed E-state index contributed by atoms with van der Waals surface area (Å²) in [6, 6.07) is 1.84. The SMILES string of the molecule is O=C(O)c1cc(C2CCCC2)cs1. The molecule has 2 nitrogen and oxygen atoms in total. The van der Waals surface area contributed by atoms with Crippen LogP contribution in [0.3, 0.4) is 0 Å². The average molecular weight is 196 g/mol. The minimum atomic E-state index is -0.797. The first kappa shape index (κ1) is 8.75. The van der Waals surface area contributed by atoms with Crippen molar-refractivity contribution in [2.24, 2.45) is 0 Å². The minimum absolute atomic E-state index is 0.474. The predicted octanol–water partition coefficient (Wildman–Crippen LogP) is 3.10. The Morgan fingerprint density at radius 2 is 2.15 bits per heavy atom. The lowest BCUT2D eigenvalue weighted by Gasteiger charge is -2.03. The zero-order chi connectivity index (χ0) is 9.26. The maximum Gasteiger partial charge on any atom is 0.345 e. The molecule has 0 spiro atoms. The highest BCUT2D eigenvalue weighted by Gasteiger charge is 2.19. The second-order valence-electron chi connectivity index (χ2n) is 3.53. The lowest BCUT2D eigenvalue weighted by molar-refractivity contribution is 0.0702. The molecule has 0 radical (unpaired) electrons. The third-order valence-electron chi connectivity index (χ3n) is 2.66. The number of carbonyl (C=O) groups is 1. The molecule has 1 aliphatic carbocycles. The Morgan fingerprint density at radius 3 is 2.69 bits per heavy atom. The van der Waals surface area contributed by atoms with E-state index in [1.807, 2.05) is 11.4 Å². The highest BCUT2D eigenvalue weighted by atomic mass is 32.1. The third kappa shape index (κ3) is 1.75. The number of carboxylic acid groups (broad SMARTS) is 1. The van der Waals surface area contributed by atoms with E-state index in [1.54, 1.807) is 0 Å². The van der Waals surface area contributed by atoms with Crippen LogP contribution in [0.1, 0.15) is 46.8 Å². The van der Waals surface area contributed by atoms with Gasteiger partial charge in [0.05, 0.1) is 0 Å². The Morgan fingerprint density at radius 1 is 1.46 bits per heavy atom. The van der Waals surface area contributed by atoms with Gasteiger partial charge in [-0.05, 0) is 35.8 Å². The fourth-order valence-electron chi connectivity index (χ4n) is 1.94. The lowest BCUT2D eigenvalue weighted by Crippen LogP contribution is -1.92. The second-order valence-corrected chi connectivity index (χ2v) is 4.44. The van der Waals surface area contributed by atoms with Crippen molar-refractivity contribution in [2.45, 2.75) is 31.6 Å². The Balaban J connectivity index is 2.16. The van der Waals surface area contributed by atoms with Crippen LogP contribution in [0.5, 0.6) is 0 Å². The van der Waals surface area contributed by atoms with Crippen LogP contribution in [0.15, 0.2) is 11.4 Å². The molecule has 0 atom stereocenters. The topological polar surface area (TPSA) is 37.3 Å². The monoisotopic (exact) mass is 196 g/mol. The van der Waals surface area contributed by atoms with E-state index in [9.17, 15) is 4.79 Å². The summed E-state index contributed by atoms with van der Waals surface area (Å²) in [7, 11) is 0. The highest BCUT2D eigenvalue weighted by Crippen LogP contribution is 2.35. The highest BCUT2D eigenvalue weighted by molar-refractivity contribution is 7.12. The molecule has 3 heteroatoms. The van der Waals surface area contributed by atoms with Gasteiger partial charge in [-0.15, -0.1) is 11.3 Å². The third-order valence-corrected chi connectivity index (χ3v) is 3.59. The van der Waals surface area contributed by atoms with E-state index in [4.69, 9.17) is 5.11 Å². The summed E-state index contributed by atoms with van der Waals surface area (Å²) in [6.07, 6.45) is 5.05. The van der Waals surface area contributed by atoms with Gasteiger partial charge < -0.3 is 5.11 Å². The Kier molecular flexibility index (Phi) is 2.36. The minimum Gasteiger partial charge on any atom is -0.477 e. The maximum absolute atomic E-state index is 10.6. The van der Waals surface area contributed by atoms with E-state index < -0.39 is 5.97 Å². The molecule has 1 fully saturated rings.